The number of carbonyl (C=O) groups is 1. The summed E-state index contributed by atoms with van der Waals surface area (Å²) >= 11 is 0. The molecule has 6 nitrogen and oxygen atoms in total. The van der Waals surface area contributed by atoms with Crippen molar-refractivity contribution >= 4 is 5.91 Å². The second-order valence-electron chi connectivity index (χ2n) is 7.48. The fraction of sp³-hybridized carbons (Fsp3) is 0.500. The molecule has 2 aromatic rings. The summed E-state index contributed by atoms with van der Waals surface area (Å²) < 4.78 is 19.2. The number of rotatable bonds is 5. The molecule has 4 rings (SSSR count). The third kappa shape index (κ3) is 4.20. The highest BCUT2D eigenvalue weighted by Crippen LogP contribution is 2.26. The number of aryl methyl sites for hydroxylation is 1. The number of fused-ring (bicyclic) bond motifs is 1. The zero-order valence-electron chi connectivity index (χ0n) is 15.2. The fourth-order valence-electron chi connectivity index (χ4n) is 3.97. The number of halogens is 1. The van der Waals surface area contributed by atoms with E-state index in [1.54, 1.807) is 18.2 Å². The van der Waals surface area contributed by atoms with Crippen LogP contribution in [0.2, 0.25) is 0 Å². The molecule has 0 bridgehead atoms. The van der Waals surface area contributed by atoms with E-state index in [9.17, 15) is 14.3 Å². The molecule has 144 valence electrons. The molecule has 2 aliphatic rings. The molecule has 2 heterocycles. The SMILES string of the molecule is O=C(Cc1ccccc1F)NC1CCc2onc(CN3CC[C@@H](O)C3)c2C1. The Bertz CT molecular complexity index is 823. The lowest BCUT2D eigenvalue weighted by atomic mass is 9.91. The van der Waals surface area contributed by atoms with Gasteiger partial charge >= 0.3 is 0 Å². The number of nitrogens with zero attached hydrogens (tertiary/aromatic N) is 2. The Hall–Kier alpha value is -2.25. The number of aromatic nitrogens is 1. The molecule has 0 spiro atoms. The van der Waals surface area contributed by atoms with Gasteiger partial charge in [0.05, 0.1) is 12.5 Å². The molecule has 1 aliphatic carbocycles. The quantitative estimate of drug-likeness (QED) is 0.832. The molecule has 1 unspecified atom stereocenters. The van der Waals surface area contributed by atoms with Crippen LogP contribution in [0.4, 0.5) is 4.39 Å². The minimum Gasteiger partial charge on any atom is -0.392 e. The van der Waals surface area contributed by atoms with Crippen molar-refractivity contribution in [3.8, 4) is 0 Å². The van der Waals surface area contributed by atoms with Crippen LogP contribution in [0, 0.1) is 5.82 Å². The van der Waals surface area contributed by atoms with E-state index >= 15 is 0 Å². The first-order chi connectivity index (χ1) is 13.1. The number of aliphatic hydroxyl groups is 1. The van der Waals surface area contributed by atoms with Gasteiger partial charge in [0.25, 0.3) is 0 Å². The number of aliphatic hydroxyl groups excluding tert-OH is 1. The molecule has 0 radical (unpaired) electrons. The van der Waals surface area contributed by atoms with Crippen molar-refractivity contribution in [2.24, 2.45) is 0 Å². The van der Waals surface area contributed by atoms with Gasteiger partial charge in [-0.05, 0) is 30.9 Å². The molecule has 7 heteroatoms. The number of amides is 1. The lowest BCUT2D eigenvalue weighted by Crippen LogP contribution is -2.39. The van der Waals surface area contributed by atoms with Gasteiger partial charge in [-0.1, -0.05) is 23.4 Å². The summed E-state index contributed by atoms with van der Waals surface area (Å²) in [7, 11) is 0. The standard InChI is InChI=1S/C20H24FN3O3/c21-17-4-2-1-3-13(17)9-20(26)22-14-5-6-19-16(10-14)18(23-27-19)12-24-8-7-15(25)11-24/h1-4,14-15,25H,5-12H2,(H,22,26)/t14?,15-/m1/s1. The van der Waals surface area contributed by atoms with Gasteiger partial charge in [-0.15, -0.1) is 0 Å². The molecule has 1 amide bonds. The maximum atomic E-state index is 13.7. The van der Waals surface area contributed by atoms with E-state index in [0.717, 1.165) is 42.8 Å². The van der Waals surface area contributed by atoms with Gasteiger partial charge in [-0.25, -0.2) is 4.39 Å². The topological polar surface area (TPSA) is 78.6 Å². The second-order valence-corrected chi connectivity index (χ2v) is 7.48. The lowest BCUT2D eigenvalue weighted by Gasteiger charge is -2.23. The summed E-state index contributed by atoms with van der Waals surface area (Å²) in [6.07, 6.45) is 2.75. The highest BCUT2D eigenvalue weighted by Gasteiger charge is 2.29. The molecule has 1 aromatic carbocycles. The Morgan fingerprint density at radius 3 is 3.00 bits per heavy atom. The van der Waals surface area contributed by atoms with Gasteiger partial charge < -0.3 is 14.9 Å². The minimum atomic E-state index is -0.354. The fourth-order valence-corrected chi connectivity index (χ4v) is 3.97. The Kier molecular flexibility index (Phi) is 5.22. The van der Waals surface area contributed by atoms with Crippen LogP contribution in [-0.4, -0.2) is 46.3 Å². The van der Waals surface area contributed by atoms with Crippen LogP contribution in [0.1, 0.15) is 35.4 Å². The third-order valence-electron chi connectivity index (χ3n) is 5.42. The molecule has 1 aromatic heterocycles. The van der Waals surface area contributed by atoms with Crippen molar-refractivity contribution < 1.29 is 18.8 Å². The highest BCUT2D eigenvalue weighted by molar-refractivity contribution is 5.79. The van der Waals surface area contributed by atoms with Gasteiger partial charge in [0, 0.05) is 37.7 Å². The van der Waals surface area contributed by atoms with Crippen molar-refractivity contribution in [3.05, 3.63) is 52.7 Å². The molecular formula is C20H24FN3O3. The van der Waals surface area contributed by atoms with Crippen LogP contribution in [-0.2, 0) is 30.6 Å². The maximum absolute atomic E-state index is 13.7. The number of carbonyl (C=O) groups excluding carboxylic acids is 1. The summed E-state index contributed by atoms with van der Waals surface area (Å²) in [4.78, 5) is 14.5. The van der Waals surface area contributed by atoms with E-state index < -0.39 is 0 Å². The smallest absolute Gasteiger partial charge is 0.224 e. The molecule has 0 saturated carbocycles. The maximum Gasteiger partial charge on any atom is 0.224 e. The Morgan fingerprint density at radius 2 is 2.22 bits per heavy atom. The van der Waals surface area contributed by atoms with Crippen molar-refractivity contribution in [1.82, 2.24) is 15.4 Å². The number of hydrogen-bond acceptors (Lipinski definition) is 5. The van der Waals surface area contributed by atoms with E-state index in [4.69, 9.17) is 4.52 Å². The number of likely N-dealkylation sites (tertiary alicyclic amines) is 1. The zero-order chi connectivity index (χ0) is 18.8. The van der Waals surface area contributed by atoms with E-state index in [-0.39, 0.29) is 30.3 Å². The minimum absolute atomic E-state index is 0.000841. The van der Waals surface area contributed by atoms with Crippen LogP contribution < -0.4 is 5.32 Å². The van der Waals surface area contributed by atoms with Gasteiger partial charge in [0.2, 0.25) is 5.91 Å². The van der Waals surface area contributed by atoms with Crippen molar-refractivity contribution in [3.63, 3.8) is 0 Å². The van der Waals surface area contributed by atoms with E-state index in [1.807, 2.05) is 0 Å². The number of nitrogens with one attached hydrogen (secondary N) is 1. The lowest BCUT2D eigenvalue weighted by molar-refractivity contribution is -0.121. The Balaban J connectivity index is 1.37. The molecule has 1 fully saturated rings. The predicted molar refractivity (Wildman–Crippen MR) is 96.5 cm³/mol. The molecule has 1 saturated heterocycles. The summed E-state index contributed by atoms with van der Waals surface area (Å²) in [5, 5.41) is 16.9. The first-order valence-electron chi connectivity index (χ1n) is 9.48. The van der Waals surface area contributed by atoms with Crippen LogP contribution in [0.5, 0.6) is 0 Å². The third-order valence-corrected chi connectivity index (χ3v) is 5.42. The van der Waals surface area contributed by atoms with Crippen molar-refractivity contribution in [1.29, 1.82) is 0 Å². The van der Waals surface area contributed by atoms with Gasteiger partial charge in [0.15, 0.2) is 0 Å². The Labute approximate surface area is 157 Å². The van der Waals surface area contributed by atoms with Gasteiger partial charge in [-0.2, -0.15) is 0 Å². The molecule has 2 N–H and O–H groups in total. The summed E-state index contributed by atoms with van der Waals surface area (Å²) in [6.45, 7) is 2.17. The van der Waals surface area contributed by atoms with Crippen LogP contribution in [0.25, 0.3) is 0 Å². The average molecular weight is 373 g/mol. The number of benzene rings is 1. The zero-order valence-corrected chi connectivity index (χ0v) is 15.2. The molecule has 2 atom stereocenters. The molecule has 1 aliphatic heterocycles. The average Bonchev–Trinajstić information content (AvgIpc) is 3.23. The van der Waals surface area contributed by atoms with E-state index in [2.05, 4.69) is 15.4 Å². The predicted octanol–water partition coefficient (Wildman–Crippen LogP) is 1.60. The largest absolute Gasteiger partial charge is 0.392 e. The monoisotopic (exact) mass is 373 g/mol. The second kappa shape index (κ2) is 7.78. The Morgan fingerprint density at radius 1 is 1.37 bits per heavy atom. The normalized spacial score (nSPS) is 22.6. The molecular weight excluding hydrogens is 349 g/mol. The van der Waals surface area contributed by atoms with Gasteiger partial charge in [0.1, 0.15) is 17.3 Å². The van der Waals surface area contributed by atoms with E-state index in [0.29, 0.717) is 25.1 Å². The number of β-amino-alcohol motifs (C(OH)–C–C–N with tert-alkyl or cyclic N) is 1. The highest BCUT2D eigenvalue weighted by atomic mass is 19.1. The first kappa shape index (κ1) is 18.1. The van der Waals surface area contributed by atoms with Crippen LogP contribution in [0.15, 0.2) is 28.8 Å². The van der Waals surface area contributed by atoms with Crippen LogP contribution >= 0.6 is 0 Å². The molecule has 27 heavy (non-hydrogen) atoms. The van der Waals surface area contributed by atoms with Crippen molar-refractivity contribution in [2.45, 2.75) is 50.8 Å². The van der Waals surface area contributed by atoms with Crippen molar-refractivity contribution in [2.75, 3.05) is 13.1 Å². The summed E-state index contributed by atoms with van der Waals surface area (Å²) in [5.74, 6) is 0.367. The number of hydrogen-bond donors (Lipinski definition) is 2. The van der Waals surface area contributed by atoms with E-state index in [1.165, 1.54) is 6.07 Å². The summed E-state index contributed by atoms with van der Waals surface area (Å²) in [5.41, 5.74) is 2.37. The summed E-state index contributed by atoms with van der Waals surface area (Å²) in [6, 6.07) is 6.35. The van der Waals surface area contributed by atoms with Gasteiger partial charge in [-0.3, -0.25) is 9.69 Å². The first-order valence-corrected chi connectivity index (χ1v) is 9.48. The van der Waals surface area contributed by atoms with Crippen LogP contribution in [0.3, 0.4) is 0 Å².